The summed E-state index contributed by atoms with van der Waals surface area (Å²) in [6.07, 6.45) is 3.34. The average molecular weight is 312 g/mol. The minimum Gasteiger partial charge on any atom is -0.496 e. The zero-order valence-electron chi connectivity index (χ0n) is 12.8. The maximum absolute atomic E-state index is 12.5. The Hall–Kier alpha value is -1.11. The van der Waals surface area contributed by atoms with E-state index in [1.54, 1.807) is 19.2 Å². The van der Waals surface area contributed by atoms with Crippen LogP contribution in [0.15, 0.2) is 17.0 Å². The van der Waals surface area contributed by atoms with E-state index in [1.165, 1.54) is 0 Å². The highest BCUT2D eigenvalue weighted by Gasteiger charge is 2.25. The van der Waals surface area contributed by atoms with E-state index in [0.29, 0.717) is 4.90 Å². The maximum Gasteiger partial charge on any atom is 0.240 e. The molecule has 2 rings (SSSR count). The smallest absolute Gasteiger partial charge is 0.240 e. The van der Waals surface area contributed by atoms with Gasteiger partial charge in [-0.05, 0) is 62.8 Å². The van der Waals surface area contributed by atoms with Gasteiger partial charge in [-0.25, -0.2) is 13.1 Å². The lowest BCUT2D eigenvalue weighted by Crippen LogP contribution is -2.40. The fourth-order valence-corrected chi connectivity index (χ4v) is 4.39. The Morgan fingerprint density at radius 3 is 2.14 bits per heavy atom. The Morgan fingerprint density at radius 2 is 1.67 bits per heavy atom. The molecule has 0 saturated heterocycles. The van der Waals surface area contributed by atoms with E-state index in [1.807, 2.05) is 13.8 Å². The number of nitrogens with one attached hydrogen (secondary N) is 1. The molecule has 1 aliphatic rings. The van der Waals surface area contributed by atoms with Crippen molar-refractivity contribution in [1.29, 1.82) is 0 Å². The number of hydrogen-bond donors (Lipinski definition) is 2. The van der Waals surface area contributed by atoms with Crippen LogP contribution in [-0.4, -0.2) is 27.6 Å². The number of rotatable bonds is 4. The van der Waals surface area contributed by atoms with E-state index in [-0.39, 0.29) is 12.1 Å². The molecule has 0 amide bonds. The van der Waals surface area contributed by atoms with Crippen LogP contribution < -0.4 is 15.2 Å². The van der Waals surface area contributed by atoms with Crippen molar-refractivity contribution in [3.8, 4) is 5.75 Å². The lowest BCUT2D eigenvalue weighted by Gasteiger charge is -2.26. The first-order valence-corrected chi connectivity index (χ1v) is 8.75. The minimum atomic E-state index is -3.49. The average Bonchev–Trinajstić information content (AvgIpc) is 2.41. The third kappa shape index (κ3) is 3.75. The SMILES string of the molecule is COc1c(C)cc(S(=O)(=O)NC2CCC(N)CC2)cc1C. The number of ether oxygens (including phenoxy) is 1. The van der Waals surface area contributed by atoms with E-state index in [2.05, 4.69) is 4.72 Å². The summed E-state index contributed by atoms with van der Waals surface area (Å²) in [6.45, 7) is 3.70. The molecule has 1 saturated carbocycles. The Morgan fingerprint density at radius 1 is 1.14 bits per heavy atom. The molecule has 5 nitrogen and oxygen atoms in total. The summed E-state index contributed by atoms with van der Waals surface area (Å²) < 4.78 is 33.1. The molecule has 1 aromatic rings. The molecular formula is C15H24N2O3S. The second-order valence-electron chi connectivity index (χ2n) is 5.82. The van der Waals surface area contributed by atoms with Crippen molar-refractivity contribution in [2.75, 3.05) is 7.11 Å². The van der Waals surface area contributed by atoms with Gasteiger partial charge < -0.3 is 10.5 Å². The number of aryl methyl sites for hydroxylation is 2. The summed E-state index contributed by atoms with van der Waals surface area (Å²) in [4.78, 5) is 0.299. The van der Waals surface area contributed by atoms with Gasteiger partial charge in [0.15, 0.2) is 0 Å². The molecule has 118 valence electrons. The highest BCUT2D eigenvalue weighted by molar-refractivity contribution is 7.89. The van der Waals surface area contributed by atoms with Gasteiger partial charge in [0.25, 0.3) is 0 Å². The molecule has 0 aliphatic heterocycles. The van der Waals surface area contributed by atoms with E-state index in [4.69, 9.17) is 10.5 Å². The molecule has 0 unspecified atom stereocenters. The van der Waals surface area contributed by atoms with Crippen LogP contribution in [0.3, 0.4) is 0 Å². The number of benzene rings is 1. The fraction of sp³-hybridized carbons (Fsp3) is 0.600. The molecule has 1 fully saturated rings. The van der Waals surface area contributed by atoms with Crippen LogP contribution in [0.25, 0.3) is 0 Å². The van der Waals surface area contributed by atoms with Gasteiger partial charge in [0, 0.05) is 12.1 Å². The summed E-state index contributed by atoms with van der Waals surface area (Å²) in [7, 11) is -1.90. The van der Waals surface area contributed by atoms with Crippen molar-refractivity contribution in [2.45, 2.75) is 56.5 Å². The lowest BCUT2D eigenvalue weighted by molar-refractivity contribution is 0.373. The van der Waals surface area contributed by atoms with Crippen molar-refractivity contribution in [3.05, 3.63) is 23.3 Å². The molecule has 0 aromatic heterocycles. The van der Waals surface area contributed by atoms with Crippen molar-refractivity contribution in [1.82, 2.24) is 4.72 Å². The van der Waals surface area contributed by atoms with E-state index < -0.39 is 10.0 Å². The Balaban J connectivity index is 2.20. The first kappa shape index (κ1) is 16.3. The molecule has 0 heterocycles. The lowest BCUT2D eigenvalue weighted by atomic mass is 9.93. The number of sulfonamides is 1. The molecule has 1 aliphatic carbocycles. The number of methoxy groups -OCH3 is 1. The molecule has 1 aromatic carbocycles. The maximum atomic E-state index is 12.5. The largest absolute Gasteiger partial charge is 0.496 e. The normalized spacial score (nSPS) is 23.0. The Kier molecular flexibility index (Phi) is 4.91. The van der Waals surface area contributed by atoms with Gasteiger partial charge >= 0.3 is 0 Å². The van der Waals surface area contributed by atoms with Crippen LogP contribution in [0, 0.1) is 13.8 Å². The van der Waals surface area contributed by atoms with Crippen molar-refractivity contribution < 1.29 is 13.2 Å². The first-order valence-electron chi connectivity index (χ1n) is 7.26. The second kappa shape index (κ2) is 6.34. The number of nitrogens with two attached hydrogens (primary N) is 1. The van der Waals surface area contributed by atoms with Crippen LogP contribution in [-0.2, 0) is 10.0 Å². The molecule has 0 spiro atoms. The van der Waals surface area contributed by atoms with Crippen molar-refractivity contribution in [3.63, 3.8) is 0 Å². The highest BCUT2D eigenvalue weighted by Crippen LogP contribution is 2.27. The van der Waals surface area contributed by atoms with Crippen molar-refractivity contribution >= 4 is 10.0 Å². The Labute approximate surface area is 126 Å². The molecule has 0 bridgehead atoms. The van der Waals surface area contributed by atoms with Gasteiger partial charge in [-0.1, -0.05) is 0 Å². The van der Waals surface area contributed by atoms with Crippen molar-refractivity contribution in [2.24, 2.45) is 5.73 Å². The topological polar surface area (TPSA) is 81.4 Å². The zero-order chi connectivity index (χ0) is 15.6. The van der Waals surface area contributed by atoms with Gasteiger partial charge in [-0.2, -0.15) is 0 Å². The third-order valence-corrected chi connectivity index (χ3v) is 5.54. The summed E-state index contributed by atoms with van der Waals surface area (Å²) in [5, 5.41) is 0. The quantitative estimate of drug-likeness (QED) is 0.889. The van der Waals surface area contributed by atoms with Crippen LogP contribution >= 0.6 is 0 Å². The van der Waals surface area contributed by atoms with Gasteiger partial charge in [0.05, 0.1) is 12.0 Å². The van der Waals surface area contributed by atoms with E-state index in [9.17, 15) is 8.42 Å². The van der Waals surface area contributed by atoms with E-state index >= 15 is 0 Å². The molecule has 21 heavy (non-hydrogen) atoms. The zero-order valence-corrected chi connectivity index (χ0v) is 13.7. The van der Waals surface area contributed by atoms with Gasteiger partial charge in [0.1, 0.15) is 5.75 Å². The van der Waals surface area contributed by atoms with Crippen LogP contribution in [0.2, 0.25) is 0 Å². The molecule has 6 heteroatoms. The van der Waals surface area contributed by atoms with Crippen LogP contribution in [0.4, 0.5) is 0 Å². The predicted octanol–water partition coefficient (Wildman–Crippen LogP) is 1.86. The minimum absolute atomic E-state index is 0.0162. The number of hydrogen-bond acceptors (Lipinski definition) is 4. The summed E-state index contributed by atoms with van der Waals surface area (Å²) >= 11 is 0. The molecule has 0 atom stereocenters. The fourth-order valence-electron chi connectivity index (χ4n) is 2.91. The summed E-state index contributed by atoms with van der Waals surface area (Å²) in [6, 6.07) is 3.50. The third-order valence-electron chi connectivity index (χ3n) is 4.04. The summed E-state index contributed by atoms with van der Waals surface area (Å²) in [5.74, 6) is 0.734. The first-order chi connectivity index (χ1) is 9.83. The molecule has 0 radical (unpaired) electrons. The standard InChI is InChI=1S/C15H24N2O3S/c1-10-8-14(9-11(2)15(10)20-3)21(18,19)17-13-6-4-12(16)5-7-13/h8-9,12-13,17H,4-7,16H2,1-3H3. The van der Waals surface area contributed by atoms with Crippen LogP contribution in [0.5, 0.6) is 5.75 Å². The van der Waals surface area contributed by atoms with Gasteiger partial charge in [-0.3, -0.25) is 0 Å². The Bertz CT molecular complexity index is 582. The van der Waals surface area contributed by atoms with Gasteiger partial charge in [0.2, 0.25) is 10.0 Å². The highest BCUT2D eigenvalue weighted by atomic mass is 32.2. The summed E-state index contributed by atoms with van der Waals surface area (Å²) in [5.41, 5.74) is 7.50. The van der Waals surface area contributed by atoms with E-state index in [0.717, 1.165) is 42.6 Å². The molecule has 3 N–H and O–H groups in total. The second-order valence-corrected chi connectivity index (χ2v) is 7.54. The predicted molar refractivity (Wildman–Crippen MR) is 83.0 cm³/mol. The molecular weight excluding hydrogens is 288 g/mol. The monoisotopic (exact) mass is 312 g/mol. The van der Waals surface area contributed by atoms with Gasteiger partial charge in [-0.15, -0.1) is 0 Å². The van der Waals surface area contributed by atoms with Crippen LogP contribution in [0.1, 0.15) is 36.8 Å².